The SMILES string of the molecule is Cl.NCCC(=O)NC1(c2ccc(F)cc2)CCCC1. The van der Waals surface area contributed by atoms with E-state index in [2.05, 4.69) is 5.32 Å². The highest BCUT2D eigenvalue weighted by Crippen LogP contribution is 2.38. The highest BCUT2D eigenvalue weighted by molar-refractivity contribution is 5.85. The Morgan fingerprint density at radius 3 is 2.37 bits per heavy atom. The summed E-state index contributed by atoms with van der Waals surface area (Å²) in [7, 11) is 0. The van der Waals surface area contributed by atoms with Crippen molar-refractivity contribution in [3.05, 3.63) is 35.6 Å². The first-order valence-corrected chi connectivity index (χ1v) is 6.43. The van der Waals surface area contributed by atoms with Crippen LogP contribution in [0.2, 0.25) is 0 Å². The van der Waals surface area contributed by atoms with Gasteiger partial charge in [0.15, 0.2) is 0 Å². The number of hydrogen-bond donors (Lipinski definition) is 2. The maximum Gasteiger partial charge on any atom is 0.221 e. The lowest BCUT2D eigenvalue weighted by molar-refractivity contribution is -0.122. The van der Waals surface area contributed by atoms with E-state index in [0.29, 0.717) is 13.0 Å². The summed E-state index contributed by atoms with van der Waals surface area (Å²) >= 11 is 0. The van der Waals surface area contributed by atoms with Crippen molar-refractivity contribution >= 4 is 18.3 Å². The van der Waals surface area contributed by atoms with Crippen LogP contribution in [-0.2, 0) is 10.3 Å². The molecule has 3 N–H and O–H groups in total. The van der Waals surface area contributed by atoms with E-state index in [1.54, 1.807) is 12.1 Å². The second kappa shape index (κ2) is 6.87. The van der Waals surface area contributed by atoms with Crippen LogP contribution in [0.4, 0.5) is 4.39 Å². The average Bonchev–Trinajstić information content (AvgIpc) is 2.79. The van der Waals surface area contributed by atoms with Crippen molar-refractivity contribution in [1.29, 1.82) is 0 Å². The van der Waals surface area contributed by atoms with E-state index >= 15 is 0 Å². The van der Waals surface area contributed by atoms with Crippen LogP contribution in [0.25, 0.3) is 0 Å². The molecule has 2 rings (SSSR count). The van der Waals surface area contributed by atoms with Gasteiger partial charge in [0.1, 0.15) is 5.82 Å². The summed E-state index contributed by atoms with van der Waals surface area (Å²) in [6.45, 7) is 0.353. The zero-order chi connectivity index (χ0) is 13.0. The standard InChI is InChI=1S/C14H19FN2O.ClH/c15-12-5-3-11(4-6-12)14(8-1-2-9-14)17-13(18)7-10-16;/h3-6H,1-2,7-10,16H2,(H,17,18);1H. The first-order chi connectivity index (χ1) is 8.66. The van der Waals surface area contributed by atoms with Gasteiger partial charge in [0, 0.05) is 13.0 Å². The molecular formula is C14H20ClFN2O. The second-order valence-corrected chi connectivity index (χ2v) is 4.88. The van der Waals surface area contributed by atoms with Gasteiger partial charge in [-0.2, -0.15) is 0 Å². The van der Waals surface area contributed by atoms with Gasteiger partial charge in [-0.25, -0.2) is 4.39 Å². The summed E-state index contributed by atoms with van der Waals surface area (Å²) in [5, 5.41) is 3.09. The third kappa shape index (κ3) is 3.67. The zero-order valence-electron chi connectivity index (χ0n) is 10.8. The van der Waals surface area contributed by atoms with Crippen molar-refractivity contribution in [2.45, 2.75) is 37.6 Å². The topological polar surface area (TPSA) is 55.1 Å². The number of benzene rings is 1. The van der Waals surface area contributed by atoms with Crippen LogP contribution in [-0.4, -0.2) is 12.5 Å². The molecule has 0 atom stereocenters. The van der Waals surface area contributed by atoms with Gasteiger partial charge < -0.3 is 11.1 Å². The molecule has 3 nitrogen and oxygen atoms in total. The molecule has 1 saturated carbocycles. The molecule has 106 valence electrons. The summed E-state index contributed by atoms with van der Waals surface area (Å²) < 4.78 is 13.0. The van der Waals surface area contributed by atoms with Crippen molar-refractivity contribution < 1.29 is 9.18 Å². The smallest absolute Gasteiger partial charge is 0.221 e. The Balaban J connectivity index is 0.00000180. The quantitative estimate of drug-likeness (QED) is 0.893. The average molecular weight is 287 g/mol. The lowest BCUT2D eigenvalue weighted by Gasteiger charge is -2.31. The number of amides is 1. The molecule has 1 aromatic rings. The third-order valence-electron chi connectivity index (χ3n) is 3.60. The lowest BCUT2D eigenvalue weighted by atomic mass is 9.88. The number of carbonyl (C=O) groups is 1. The molecule has 1 aliphatic carbocycles. The molecule has 1 aromatic carbocycles. The van der Waals surface area contributed by atoms with Crippen molar-refractivity contribution in [3.8, 4) is 0 Å². The van der Waals surface area contributed by atoms with Gasteiger partial charge >= 0.3 is 0 Å². The predicted octanol–water partition coefficient (Wildman–Crippen LogP) is 2.48. The molecule has 5 heteroatoms. The normalized spacial score (nSPS) is 16.7. The van der Waals surface area contributed by atoms with E-state index < -0.39 is 0 Å². The summed E-state index contributed by atoms with van der Waals surface area (Å²) in [5.74, 6) is -0.274. The van der Waals surface area contributed by atoms with Crippen LogP contribution in [0, 0.1) is 5.82 Å². The summed E-state index contributed by atoms with van der Waals surface area (Å²) in [6, 6.07) is 6.43. The Labute approximate surface area is 119 Å². The number of nitrogens with two attached hydrogens (primary N) is 1. The molecule has 0 unspecified atom stereocenters. The molecule has 1 amide bonds. The molecule has 1 fully saturated rings. The molecule has 0 aliphatic heterocycles. The van der Waals surface area contributed by atoms with Gasteiger partial charge in [-0.1, -0.05) is 25.0 Å². The van der Waals surface area contributed by atoms with Gasteiger partial charge in [-0.15, -0.1) is 12.4 Å². The summed E-state index contributed by atoms with van der Waals surface area (Å²) in [4.78, 5) is 11.8. The van der Waals surface area contributed by atoms with Crippen LogP contribution in [0.1, 0.15) is 37.7 Å². The second-order valence-electron chi connectivity index (χ2n) is 4.88. The molecule has 0 heterocycles. The van der Waals surface area contributed by atoms with Gasteiger partial charge in [0.2, 0.25) is 5.91 Å². The number of halogens is 2. The number of nitrogens with one attached hydrogen (secondary N) is 1. The molecule has 1 aliphatic rings. The molecule has 0 bridgehead atoms. The molecular weight excluding hydrogens is 267 g/mol. The fraction of sp³-hybridized carbons (Fsp3) is 0.500. The van der Waals surface area contributed by atoms with E-state index in [9.17, 15) is 9.18 Å². The van der Waals surface area contributed by atoms with E-state index in [1.807, 2.05) is 0 Å². The first kappa shape index (κ1) is 15.9. The van der Waals surface area contributed by atoms with Crippen molar-refractivity contribution in [2.24, 2.45) is 5.73 Å². The fourth-order valence-electron chi connectivity index (χ4n) is 2.69. The van der Waals surface area contributed by atoms with Gasteiger partial charge in [-0.05, 0) is 30.5 Å². The Bertz CT molecular complexity index is 416. The van der Waals surface area contributed by atoms with Gasteiger partial charge in [0.25, 0.3) is 0 Å². The van der Waals surface area contributed by atoms with Crippen LogP contribution < -0.4 is 11.1 Å². The third-order valence-corrected chi connectivity index (χ3v) is 3.60. The fourth-order valence-corrected chi connectivity index (χ4v) is 2.69. The Morgan fingerprint density at radius 2 is 1.84 bits per heavy atom. The Hall–Kier alpha value is -1.13. The monoisotopic (exact) mass is 286 g/mol. The minimum Gasteiger partial charge on any atom is -0.347 e. The number of rotatable bonds is 4. The van der Waals surface area contributed by atoms with E-state index in [4.69, 9.17) is 5.73 Å². The minimum absolute atomic E-state index is 0. The number of hydrogen-bond acceptors (Lipinski definition) is 2. The first-order valence-electron chi connectivity index (χ1n) is 6.43. The largest absolute Gasteiger partial charge is 0.347 e. The molecule has 19 heavy (non-hydrogen) atoms. The predicted molar refractivity (Wildman–Crippen MR) is 75.6 cm³/mol. The van der Waals surface area contributed by atoms with Crippen LogP contribution in [0.3, 0.4) is 0 Å². The maximum absolute atomic E-state index is 13.0. The van der Waals surface area contributed by atoms with Crippen LogP contribution in [0.15, 0.2) is 24.3 Å². The highest BCUT2D eigenvalue weighted by atomic mass is 35.5. The van der Waals surface area contributed by atoms with Gasteiger partial charge in [0.05, 0.1) is 5.54 Å². The zero-order valence-corrected chi connectivity index (χ0v) is 11.6. The van der Waals surface area contributed by atoms with E-state index in [1.165, 1.54) is 12.1 Å². The van der Waals surface area contributed by atoms with Crippen molar-refractivity contribution in [1.82, 2.24) is 5.32 Å². The highest BCUT2D eigenvalue weighted by Gasteiger charge is 2.36. The summed E-state index contributed by atoms with van der Waals surface area (Å²) in [5.41, 5.74) is 6.07. The Kier molecular flexibility index (Phi) is 5.76. The molecule has 0 radical (unpaired) electrons. The molecule has 0 aromatic heterocycles. The van der Waals surface area contributed by atoms with Crippen LogP contribution in [0.5, 0.6) is 0 Å². The molecule has 0 saturated heterocycles. The van der Waals surface area contributed by atoms with E-state index in [-0.39, 0.29) is 29.7 Å². The lowest BCUT2D eigenvalue weighted by Crippen LogP contribution is -2.44. The van der Waals surface area contributed by atoms with Crippen molar-refractivity contribution in [2.75, 3.05) is 6.54 Å². The molecule has 0 spiro atoms. The summed E-state index contributed by atoms with van der Waals surface area (Å²) in [6.07, 6.45) is 4.33. The number of carbonyl (C=O) groups excluding carboxylic acids is 1. The van der Waals surface area contributed by atoms with E-state index in [0.717, 1.165) is 31.2 Å². The minimum atomic E-state index is -0.319. The van der Waals surface area contributed by atoms with Crippen molar-refractivity contribution in [3.63, 3.8) is 0 Å². The van der Waals surface area contributed by atoms with Gasteiger partial charge in [-0.3, -0.25) is 4.79 Å². The Morgan fingerprint density at radius 1 is 1.26 bits per heavy atom. The van der Waals surface area contributed by atoms with Crippen LogP contribution >= 0.6 is 12.4 Å². The maximum atomic E-state index is 13.0.